The van der Waals surface area contributed by atoms with Crippen molar-refractivity contribution in [2.75, 3.05) is 26.4 Å². The van der Waals surface area contributed by atoms with Crippen LogP contribution in [-0.4, -0.2) is 40.3 Å². The second-order valence-corrected chi connectivity index (χ2v) is 9.36. The summed E-state index contributed by atoms with van der Waals surface area (Å²) in [5, 5.41) is 0.741. The molecule has 0 heterocycles. The van der Waals surface area contributed by atoms with E-state index in [0.717, 1.165) is 30.4 Å². The number of thiocarbonyl (C=S) groups is 1. The lowest BCUT2D eigenvalue weighted by molar-refractivity contribution is 0.0695. The summed E-state index contributed by atoms with van der Waals surface area (Å²) in [7, 11) is -2.54. The number of hydrogen-bond acceptors (Lipinski definition) is 5. The van der Waals surface area contributed by atoms with Crippen LogP contribution in [0.2, 0.25) is 6.04 Å². The summed E-state index contributed by atoms with van der Waals surface area (Å²) in [4.78, 5) is 0. The molecule has 0 fully saturated rings. The summed E-state index contributed by atoms with van der Waals surface area (Å²) >= 11 is 5.33. The molecule has 0 saturated carbocycles. The van der Waals surface area contributed by atoms with E-state index in [0.29, 0.717) is 26.4 Å². The van der Waals surface area contributed by atoms with Crippen LogP contribution in [0.3, 0.4) is 0 Å². The van der Waals surface area contributed by atoms with Gasteiger partial charge in [0.2, 0.25) is 0 Å². The number of unbranched alkanes of at least 4 members (excludes halogenated alkanes) is 6. The fraction of sp³-hybridized carbons (Fsp3) is 0.947. The Balaban J connectivity index is 3.83. The lowest BCUT2D eigenvalue weighted by Crippen LogP contribution is -2.46. The van der Waals surface area contributed by atoms with Crippen molar-refractivity contribution in [1.82, 2.24) is 0 Å². The first-order valence-electron chi connectivity index (χ1n) is 10.2. The van der Waals surface area contributed by atoms with Crippen LogP contribution < -0.4 is 0 Å². The maximum absolute atomic E-state index is 5.84. The van der Waals surface area contributed by atoms with Gasteiger partial charge in [0, 0.05) is 32.3 Å². The van der Waals surface area contributed by atoms with Gasteiger partial charge in [-0.05, 0) is 45.8 Å². The smallest absolute Gasteiger partial charge is 0.487 e. The van der Waals surface area contributed by atoms with Gasteiger partial charge >= 0.3 is 8.80 Å². The van der Waals surface area contributed by atoms with Gasteiger partial charge in [0.05, 0.1) is 6.61 Å². The summed E-state index contributed by atoms with van der Waals surface area (Å²) < 4.78 is 23.2. The van der Waals surface area contributed by atoms with Crippen molar-refractivity contribution in [3.8, 4) is 0 Å². The molecule has 0 aliphatic heterocycles. The number of rotatable bonds is 18. The molecule has 0 aromatic heterocycles. The van der Waals surface area contributed by atoms with E-state index in [1.165, 1.54) is 38.5 Å². The maximum Gasteiger partial charge on any atom is 0.501 e. The van der Waals surface area contributed by atoms with E-state index in [-0.39, 0.29) is 0 Å². The summed E-state index contributed by atoms with van der Waals surface area (Å²) in [6, 6.07) is 0.780. The number of ether oxygens (including phenoxy) is 1. The first kappa shape index (κ1) is 25.0. The molecule has 0 bridgehead atoms. The van der Waals surface area contributed by atoms with Gasteiger partial charge < -0.3 is 18.0 Å². The Morgan fingerprint density at radius 2 is 1.24 bits per heavy atom. The molecule has 0 aromatic carbocycles. The monoisotopic (exact) mass is 392 g/mol. The molecular formula is C19H40O4SSi. The van der Waals surface area contributed by atoms with Crippen molar-refractivity contribution < 1.29 is 18.0 Å². The fourth-order valence-electron chi connectivity index (χ4n) is 2.77. The molecule has 150 valence electrons. The van der Waals surface area contributed by atoms with Crippen molar-refractivity contribution in [1.29, 1.82) is 0 Å². The van der Waals surface area contributed by atoms with Crippen LogP contribution in [-0.2, 0) is 18.0 Å². The average molecular weight is 393 g/mol. The van der Waals surface area contributed by atoms with Crippen LogP contribution >= 0.6 is 12.2 Å². The summed E-state index contributed by atoms with van der Waals surface area (Å²) in [5.74, 6) is 0. The first-order chi connectivity index (χ1) is 12.1. The van der Waals surface area contributed by atoms with Crippen molar-refractivity contribution >= 4 is 26.1 Å². The highest BCUT2D eigenvalue weighted by Crippen LogP contribution is 2.18. The van der Waals surface area contributed by atoms with E-state index < -0.39 is 8.80 Å². The van der Waals surface area contributed by atoms with Gasteiger partial charge in [-0.3, -0.25) is 0 Å². The van der Waals surface area contributed by atoms with Crippen molar-refractivity contribution in [2.45, 2.75) is 91.5 Å². The Kier molecular flexibility index (Phi) is 17.4. The second-order valence-electron chi connectivity index (χ2n) is 6.18. The molecule has 4 nitrogen and oxygen atoms in total. The Morgan fingerprint density at radius 3 is 1.76 bits per heavy atom. The molecule has 25 heavy (non-hydrogen) atoms. The van der Waals surface area contributed by atoms with Crippen LogP contribution in [0.25, 0.3) is 0 Å². The van der Waals surface area contributed by atoms with Crippen LogP contribution in [0.1, 0.15) is 85.5 Å². The van der Waals surface area contributed by atoms with Gasteiger partial charge in [-0.15, -0.1) is 0 Å². The van der Waals surface area contributed by atoms with Gasteiger partial charge in [0.1, 0.15) is 0 Å². The zero-order valence-electron chi connectivity index (χ0n) is 16.9. The quantitative estimate of drug-likeness (QED) is 0.165. The molecule has 0 radical (unpaired) electrons. The standard InChI is InChI=1S/C19H40O4SSi/c1-5-9-10-11-12-13-14-16-19(24)20-17-15-18-25(21-6-2,22-7-3)23-8-4/h5-18H2,1-4H3. The van der Waals surface area contributed by atoms with Gasteiger partial charge in [-0.2, -0.15) is 0 Å². The minimum atomic E-state index is -2.54. The molecule has 0 aromatic rings. The third-order valence-corrected chi connectivity index (χ3v) is 7.44. The first-order valence-corrected chi connectivity index (χ1v) is 12.6. The summed E-state index contributed by atoms with van der Waals surface area (Å²) in [5.41, 5.74) is 0. The Labute approximate surface area is 162 Å². The molecule has 0 unspecified atom stereocenters. The van der Waals surface area contributed by atoms with Gasteiger partial charge in [-0.25, -0.2) is 0 Å². The second kappa shape index (κ2) is 17.4. The molecule has 6 heteroatoms. The van der Waals surface area contributed by atoms with E-state index in [4.69, 9.17) is 30.2 Å². The predicted octanol–water partition coefficient (Wildman–Crippen LogP) is 5.91. The normalized spacial score (nSPS) is 11.7. The molecule has 0 spiro atoms. The highest BCUT2D eigenvalue weighted by Gasteiger charge is 2.39. The van der Waals surface area contributed by atoms with E-state index in [1.54, 1.807) is 0 Å². The topological polar surface area (TPSA) is 36.9 Å². The van der Waals surface area contributed by atoms with Crippen LogP contribution in [0.5, 0.6) is 0 Å². The fourth-order valence-corrected chi connectivity index (χ4v) is 5.58. The molecule has 0 aliphatic carbocycles. The van der Waals surface area contributed by atoms with Crippen LogP contribution in [0, 0.1) is 0 Å². The van der Waals surface area contributed by atoms with E-state index >= 15 is 0 Å². The zero-order chi connectivity index (χ0) is 18.8. The van der Waals surface area contributed by atoms with E-state index in [1.807, 2.05) is 20.8 Å². The average Bonchev–Trinajstić information content (AvgIpc) is 2.59. The van der Waals surface area contributed by atoms with E-state index in [2.05, 4.69) is 6.92 Å². The Hall–Kier alpha value is -0.0131. The molecule has 0 aliphatic rings. The van der Waals surface area contributed by atoms with Crippen molar-refractivity contribution in [3.05, 3.63) is 0 Å². The molecule has 0 N–H and O–H groups in total. The van der Waals surface area contributed by atoms with Crippen LogP contribution in [0.15, 0.2) is 0 Å². The number of hydrogen-bond donors (Lipinski definition) is 0. The summed E-state index contributed by atoms with van der Waals surface area (Å²) in [6.45, 7) is 10.7. The van der Waals surface area contributed by atoms with Gasteiger partial charge in [0.25, 0.3) is 0 Å². The molecule has 0 atom stereocenters. The highest BCUT2D eigenvalue weighted by atomic mass is 32.1. The molecular weight excluding hydrogens is 352 g/mol. The minimum Gasteiger partial charge on any atom is -0.487 e. The van der Waals surface area contributed by atoms with Crippen LogP contribution in [0.4, 0.5) is 0 Å². The SMILES string of the molecule is CCCCCCCCCC(=S)OCCC[Si](OCC)(OCC)OCC. The van der Waals surface area contributed by atoms with Gasteiger partial charge in [0.15, 0.2) is 5.05 Å². The Bertz CT molecular complexity index is 299. The highest BCUT2D eigenvalue weighted by molar-refractivity contribution is 7.80. The minimum absolute atomic E-state index is 0.615. The van der Waals surface area contributed by atoms with E-state index in [9.17, 15) is 0 Å². The third-order valence-electron chi connectivity index (χ3n) is 3.97. The maximum atomic E-state index is 5.84. The molecule has 0 rings (SSSR count). The van der Waals surface area contributed by atoms with Gasteiger partial charge in [-0.1, -0.05) is 45.4 Å². The largest absolute Gasteiger partial charge is 0.501 e. The molecule has 0 saturated heterocycles. The summed E-state index contributed by atoms with van der Waals surface area (Å²) in [6.07, 6.45) is 10.8. The lowest BCUT2D eigenvalue weighted by Gasteiger charge is -2.28. The van der Waals surface area contributed by atoms with Crippen molar-refractivity contribution in [2.24, 2.45) is 0 Å². The van der Waals surface area contributed by atoms with Crippen molar-refractivity contribution in [3.63, 3.8) is 0 Å². The lowest BCUT2D eigenvalue weighted by atomic mass is 10.1. The Morgan fingerprint density at radius 1 is 0.720 bits per heavy atom. The predicted molar refractivity (Wildman–Crippen MR) is 111 cm³/mol. The molecule has 0 amide bonds. The third kappa shape index (κ3) is 13.8. The zero-order valence-corrected chi connectivity index (χ0v) is 18.8.